The van der Waals surface area contributed by atoms with Gasteiger partial charge in [-0.1, -0.05) is 6.92 Å². The molecule has 0 fully saturated rings. The van der Waals surface area contributed by atoms with Crippen molar-refractivity contribution in [2.75, 3.05) is 44.2 Å². The highest BCUT2D eigenvalue weighted by molar-refractivity contribution is 6.00. The third kappa shape index (κ3) is 7.10. The SMILES string of the molecule is CC1CN(C(C)CO)C(=O)Cc2cc(NC(=O)Nc3ccc4c(c3)OCO4)ccc2OC1CN(C)Cc1ccncc1. The monoisotopic (exact) mass is 575 g/mol. The number of nitrogens with zero attached hydrogens (tertiary/aromatic N) is 3. The summed E-state index contributed by atoms with van der Waals surface area (Å²) in [4.78, 5) is 34.3. The van der Waals surface area contributed by atoms with Gasteiger partial charge in [-0.05, 0) is 62.0 Å². The Labute approximate surface area is 245 Å². The first-order valence-corrected chi connectivity index (χ1v) is 14.0. The predicted molar refractivity (Wildman–Crippen MR) is 158 cm³/mol. The lowest BCUT2D eigenvalue weighted by atomic mass is 10.0. The van der Waals surface area contributed by atoms with Crippen LogP contribution in [0.2, 0.25) is 0 Å². The third-order valence-corrected chi connectivity index (χ3v) is 7.50. The van der Waals surface area contributed by atoms with Gasteiger partial charge < -0.3 is 34.9 Å². The lowest BCUT2D eigenvalue weighted by Gasteiger charge is -2.34. The van der Waals surface area contributed by atoms with Crippen molar-refractivity contribution in [1.82, 2.24) is 14.8 Å². The molecule has 0 spiro atoms. The second kappa shape index (κ2) is 13.1. The van der Waals surface area contributed by atoms with Crippen molar-refractivity contribution in [1.29, 1.82) is 0 Å². The number of aromatic nitrogens is 1. The molecule has 3 atom stereocenters. The van der Waals surface area contributed by atoms with Gasteiger partial charge in [0.25, 0.3) is 0 Å². The summed E-state index contributed by atoms with van der Waals surface area (Å²) in [5.41, 5.74) is 2.87. The lowest BCUT2D eigenvalue weighted by molar-refractivity contribution is -0.134. The molecular formula is C31H37N5O6. The predicted octanol–water partition coefficient (Wildman–Crippen LogP) is 3.74. The highest BCUT2D eigenvalue weighted by Gasteiger charge is 2.31. The normalized spacial score (nSPS) is 18.8. The van der Waals surface area contributed by atoms with Gasteiger partial charge >= 0.3 is 6.03 Å². The Hall–Kier alpha value is -4.35. The topological polar surface area (TPSA) is 125 Å². The first-order chi connectivity index (χ1) is 20.3. The summed E-state index contributed by atoms with van der Waals surface area (Å²) in [6, 6.07) is 13.7. The molecule has 0 aliphatic carbocycles. The molecule has 5 rings (SSSR count). The second-order valence-corrected chi connectivity index (χ2v) is 10.9. The minimum Gasteiger partial charge on any atom is -0.488 e. The molecular weight excluding hydrogens is 538 g/mol. The first kappa shape index (κ1) is 29.2. The number of likely N-dealkylation sites (N-methyl/N-ethyl adjacent to an activating group) is 1. The van der Waals surface area contributed by atoms with Gasteiger partial charge in [0.15, 0.2) is 11.5 Å². The van der Waals surface area contributed by atoms with Crippen LogP contribution < -0.4 is 24.8 Å². The first-order valence-electron chi connectivity index (χ1n) is 14.0. The highest BCUT2D eigenvalue weighted by Crippen LogP contribution is 2.34. The molecule has 3 amide bonds. The Morgan fingerprint density at radius 1 is 1.07 bits per heavy atom. The van der Waals surface area contributed by atoms with Gasteiger partial charge in [-0.15, -0.1) is 0 Å². The van der Waals surface area contributed by atoms with Crippen LogP contribution in [0.25, 0.3) is 0 Å². The Morgan fingerprint density at radius 3 is 2.50 bits per heavy atom. The van der Waals surface area contributed by atoms with E-state index >= 15 is 0 Å². The van der Waals surface area contributed by atoms with Crippen molar-refractivity contribution in [2.24, 2.45) is 5.92 Å². The zero-order valence-electron chi connectivity index (χ0n) is 24.1. The van der Waals surface area contributed by atoms with Crippen LogP contribution in [-0.2, 0) is 17.8 Å². The average molecular weight is 576 g/mol. The smallest absolute Gasteiger partial charge is 0.323 e. The summed E-state index contributed by atoms with van der Waals surface area (Å²) in [6.07, 6.45) is 3.40. The van der Waals surface area contributed by atoms with Crippen molar-refractivity contribution in [3.8, 4) is 17.2 Å². The van der Waals surface area contributed by atoms with E-state index in [4.69, 9.17) is 14.2 Å². The van der Waals surface area contributed by atoms with Crippen molar-refractivity contribution >= 4 is 23.3 Å². The number of carbonyl (C=O) groups excluding carboxylic acids is 2. The van der Waals surface area contributed by atoms with Gasteiger partial charge in [-0.3, -0.25) is 14.7 Å². The summed E-state index contributed by atoms with van der Waals surface area (Å²) < 4.78 is 17.3. The number of rotatable bonds is 8. The molecule has 3 heterocycles. The molecule has 2 aliphatic heterocycles. The van der Waals surface area contributed by atoms with E-state index < -0.39 is 6.03 Å². The van der Waals surface area contributed by atoms with E-state index in [0.717, 1.165) is 12.1 Å². The van der Waals surface area contributed by atoms with Crippen LogP contribution in [-0.4, -0.2) is 77.5 Å². The Balaban J connectivity index is 1.34. The van der Waals surface area contributed by atoms with Gasteiger partial charge in [-0.25, -0.2) is 4.79 Å². The van der Waals surface area contributed by atoms with E-state index in [1.807, 2.05) is 26.1 Å². The largest absolute Gasteiger partial charge is 0.488 e. The van der Waals surface area contributed by atoms with Crippen LogP contribution in [0.15, 0.2) is 60.9 Å². The van der Waals surface area contributed by atoms with Crippen molar-refractivity contribution in [2.45, 2.75) is 39.0 Å². The van der Waals surface area contributed by atoms with Gasteiger partial charge in [-0.2, -0.15) is 0 Å². The van der Waals surface area contributed by atoms with Crippen LogP contribution in [0.1, 0.15) is 25.0 Å². The molecule has 42 heavy (non-hydrogen) atoms. The van der Waals surface area contributed by atoms with Crippen molar-refractivity contribution in [3.63, 3.8) is 0 Å². The van der Waals surface area contributed by atoms with Gasteiger partial charge in [0.05, 0.1) is 19.1 Å². The molecule has 11 heteroatoms. The lowest BCUT2D eigenvalue weighted by Crippen LogP contribution is -2.47. The minimum absolute atomic E-state index is 0.0148. The Morgan fingerprint density at radius 2 is 1.76 bits per heavy atom. The van der Waals surface area contributed by atoms with Crippen LogP contribution in [0.3, 0.4) is 0 Å². The standard InChI is InChI=1S/C31H37N5O6/c1-20-15-36(21(2)18-37)30(38)13-23-12-24(33-31(39)34-25-5-7-27-28(14-25)41-19-40-27)4-6-26(23)42-29(20)17-35(3)16-22-8-10-32-11-9-22/h4-12,14,20-21,29,37H,13,15-19H2,1-3H3,(H2,33,34,39). The van der Waals surface area contributed by atoms with E-state index in [1.54, 1.807) is 53.7 Å². The molecule has 0 saturated heterocycles. The van der Waals surface area contributed by atoms with Crippen molar-refractivity contribution < 1.29 is 28.9 Å². The number of carbonyl (C=O) groups is 2. The molecule has 2 aromatic carbocycles. The fourth-order valence-electron chi connectivity index (χ4n) is 5.16. The van der Waals surface area contributed by atoms with Gasteiger partial charge in [0, 0.05) is 61.0 Å². The molecule has 2 aliphatic rings. The molecule has 3 aromatic rings. The zero-order chi connectivity index (χ0) is 29.6. The van der Waals surface area contributed by atoms with E-state index in [0.29, 0.717) is 47.3 Å². The summed E-state index contributed by atoms with van der Waals surface area (Å²) in [5.74, 6) is 1.67. The number of urea groups is 1. The number of hydrogen-bond acceptors (Lipinski definition) is 8. The van der Waals surface area contributed by atoms with Gasteiger partial charge in [0.2, 0.25) is 12.7 Å². The van der Waals surface area contributed by atoms with Crippen LogP contribution in [0.5, 0.6) is 17.2 Å². The number of benzene rings is 2. The van der Waals surface area contributed by atoms with E-state index in [9.17, 15) is 14.7 Å². The Kier molecular flexibility index (Phi) is 9.09. The number of amides is 3. The maximum atomic E-state index is 13.5. The molecule has 3 unspecified atom stereocenters. The summed E-state index contributed by atoms with van der Waals surface area (Å²) in [5, 5.41) is 15.5. The van der Waals surface area contributed by atoms with Crippen LogP contribution in [0, 0.1) is 5.92 Å². The quantitative estimate of drug-likeness (QED) is 0.371. The second-order valence-electron chi connectivity index (χ2n) is 10.9. The highest BCUT2D eigenvalue weighted by atomic mass is 16.7. The average Bonchev–Trinajstić information content (AvgIpc) is 3.45. The molecule has 1 aromatic heterocycles. The number of aliphatic hydroxyl groups is 1. The Bertz CT molecular complexity index is 1400. The van der Waals surface area contributed by atoms with E-state index in [1.165, 1.54) is 0 Å². The molecule has 0 saturated carbocycles. The minimum atomic E-state index is -0.441. The summed E-state index contributed by atoms with van der Waals surface area (Å²) in [7, 11) is 2.04. The van der Waals surface area contributed by atoms with Crippen LogP contribution in [0.4, 0.5) is 16.2 Å². The van der Waals surface area contributed by atoms with E-state index in [2.05, 4.69) is 27.4 Å². The number of pyridine rings is 1. The molecule has 0 radical (unpaired) electrons. The maximum absolute atomic E-state index is 13.5. The molecule has 3 N–H and O–H groups in total. The van der Waals surface area contributed by atoms with E-state index in [-0.39, 0.29) is 43.8 Å². The van der Waals surface area contributed by atoms with Gasteiger partial charge in [0.1, 0.15) is 11.9 Å². The summed E-state index contributed by atoms with van der Waals surface area (Å²) in [6.45, 7) is 5.71. The molecule has 0 bridgehead atoms. The number of ether oxygens (including phenoxy) is 3. The number of hydrogen-bond donors (Lipinski definition) is 3. The number of anilines is 2. The zero-order valence-corrected chi connectivity index (χ0v) is 24.1. The summed E-state index contributed by atoms with van der Waals surface area (Å²) >= 11 is 0. The maximum Gasteiger partial charge on any atom is 0.323 e. The molecule has 11 nitrogen and oxygen atoms in total. The fourth-order valence-corrected chi connectivity index (χ4v) is 5.16. The third-order valence-electron chi connectivity index (χ3n) is 7.50. The fraction of sp³-hybridized carbons (Fsp3) is 0.387. The number of aliphatic hydroxyl groups excluding tert-OH is 1. The number of nitrogens with one attached hydrogen (secondary N) is 2. The number of fused-ring (bicyclic) bond motifs is 2. The van der Waals surface area contributed by atoms with Crippen molar-refractivity contribution in [3.05, 3.63) is 72.1 Å². The van der Waals surface area contributed by atoms with Crippen LogP contribution >= 0.6 is 0 Å². The molecule has 222 valence electrons.